The van der Waals surface area contributed by atoms with Crippen molar-refractivity contribution in [2.45, 2.75) is 93.9 Å². The molecule has 14 nitrogen and oxygen atoms in total. The van der Waals surface area contributed by atoms with Crippen LogP contribution >= 0.6 is 23.1 Å². The SMILES string of the molecule is COc1cc(C=CC(=O)N2CCC=CC2=O)cc(OC)c1OCCCCCCCCNC(=O)CN1CCC(C(=O)Nc2ncc(SCc3ncc(C(C)(C)C)o3)s2)CC1. The number of anilines is 1. The number of piperidine rings is 1. The molecule has 0 unspecified atom stereocenters. The predicted molar refractivity (Wildman–Crippen MR) is 230 cm³/mol. The molecule has 0 atom stereocenters. The van der Waals surface area contributed by atoms with Crippen LogP contribution in [0.25, 0.3) is 6.08 Å². The maximum atomic E-state index is 13.0. The standard InChI is InChI=1S/C43H58N6O8S2/c1-43(2,3)34-26-45-36(57-34)29-58-39-27-46-42(59-39)47-41(53)31-17-21-48(22-18-31)28-35(50)44-19-11-8-6-7-9-13-23-56-40-32(54-4)24-30(25-33(40)55-5)15-16-38(52)49-20-12-10-14-37(49)51/h10,14-16,24-27,31H,6-9,11-13,17-23,28-29H2,1-5H3,(H,44,50)(H,46,47,53). The highest BCUT2D eigenvalue weighted by molar-refractivity contribution is 8.00. The van der Waals surface area contributed by atoms with Gasteiger partial charge in [0, 0.05) is 30.5 Å². The maximum absolute atomic E-state index is 13.0. The number of unbranched alkanes of at least 4 members (excludes halogenated alkanes) is 5. The van der Waals surface area contributed by atoms with E-state index in [-0.39, 0.29) is 35.0 Å². The lowest BCUT2D eigenvalue weighted by Gasteiger charge is -2.30. The van der Waals surface area contributed by atoms with Gasteiger partial charge in [-0.25, -0.2) is 9.97 Å². The second-order valence-electron chi connectivity index (χ2n) is 15.6. The number of hydrogen-bond acceptors (Lipinski definition) is 13. The molecular formula is C43H58N6O8S2. The van der Waals surface area contributed by atoms with Crippen LogP contribution in [0.3, 0.4) is 0 Å². The fraction of sp³-hybridized carbons (Fsp3) is 0.535. The molecule has 0 radical (unpaired) electrons. The first-order chi connectivity index (χ1) is 28.4. The van der Waals surface area contributed by atoms with E-state index in [1.54, 1.807) is 62.7 Å². The van der Waals surface area contributed by atoms with E-state index < -0.39 is 0 Å². The summed E-state index contributed by atoms with van der Waals surface area (Å²) >= 11 is 3.03. The normalized spacial score (nSPS) is 15.1. The summed E-state index contributed by atoms with van der Waals surface area (Å²) in [6.45, 7) is 9.53. The number of carbonyl (C=O) groups is 4. The van der Waals surface area contributed by atoms with Gasteiger partial charge in [-0.3, -0.25) is 29.0 Å². The zero-order valence-electron chi connectivity index (χ0n) is 34.9. The number of hydrogen-bond donors (Lipinski definition) is 2. The Morgan fingerprint density at radius 2 is 1.69 bits per heavy atom. The highest BCUT2D eigenvalue weighted by Gasteiger charge is 2.27. The van der Waals surface area contributed by atoms with Crippen LogP contribution in [0.1, 0.15) is 95.8 Å². The van der Waals surface area contributed by atoms with Crippen molar-refractivity contribution in [1.82, 2.24) is 25.1 Å². The van der Waals surface area contributed by atoms with Crippen LogP contribution in [-0.2, 0) is 30.3 Å². The number of thioether (sulfide) groups is 1. The summed E-state index contributed by atoms with van der Waals surface area (Å²) in [6.07, 6.45) is 17.7. The smallest absolute Gasteiger partial charge is 0.253 e. The summed E-state index contributed by atoms with van der Waals surface area (Å²) in [5.74, 6) is 2.83. The molecule has 4 amide bonds. The minimum atomic E-state index is -0.372. The van der Waals surface area contributed by atoms with Gasteiger partial charge in [-0.05, 0) is 75.0 Å². The zero-order valence-corrected chi connectivity index (χ0v) is 36.5. The van der Waals surface area contributed by atoms with E-state index >= 15 is 0 Å². The van der Waals surface area contributed by atoms with Crippen LogP contribution in [0.2, 0.25) is 0 Å². The molecule has 4 heterocycles. The van der Waals surface area contributed by atoms with E-state index in [0.717, 1.165) is 48.5 Å². The molecule has 2 N–H and O–H groups in total. The number of nitrogens with one attached hydrogen (secondary N) is 2. The average Bonchev–Trinajstić information content (AvgIpc) is 3.90. The van der Waals surface area contributed by atoms with Crippen LogP contribution in [0.4, 0.5) is 5.13 Å². The monoisotopic (exact) mass is 850 g/mol. The first-order valence-corrected chi connectivity index (χ1v) is 22.2. The molecule has 5 rings (SSSR count). The third kappa shape index (κ3) is 14.2. The van der Waals surface area contributed by atoms with E-state index in [9.17, 15) is 19.2 Å². The largest absolute Gasteiger partial charge is 0.493 e. The van der Waals surface area contributed by atoms with E-state index in [2.05, 4.69) is 46.3 Å². The number of amides is 4. The van der Waals surface area contributed by atoms with Gasteiger partial charge >= 0.3 is 0 Å². The minimum absolute atomic E-state index is 0.0204. The van der Waals surface area contributed by atoms with Gasteiger partial charge in [-0.2, -0.15) is 0 Å². The Morgan fingerprint density at radius 3 is 2.37 bits per heavy atom. The Balaban J connectivity index is 0.890. The molecule has 2 aliphatic heterocycles. The highest BCUT2D eigenvalue weighted by Crippen LogP contribution is 2.39. The summed E-state index contributed by atoms with van der Waals surface area (Å²) < 4.78 is 24.0. The van der Waals surface area contributed by atoms with Crippen LogP contribution in [0, 0.1) is 5.92 Å². The van der Waals surface area contributed by atoms with Crippen molar-refractivity contribution < 1.29 is 37.8 Å². The van der Waals surface area contributed by atoms with Gasteiger partial charge in [0.15, 0.2) is 16.6 Å². The molecule has 0 spiro atoms. The van der Waals surface area contributed by atoms with Crippen LogP contribution in [0.15, 0.2) is 51.4 Å². The fourth-order valence-corrected chi connectivity index (χ4v) is 8.33. The summed E-state index contributed by atoms with van der Waals surface area (Å²) in [5.41, 5.74) is 0.598. The van der Waals surface area contributed by atoms with Gasteiger partial charge in [0.2, 0.25) is 23.5 Å². The third-order valence-electron chi connectivity index (χ3n) is 10.0. The van der Waals surface area contributed by atoms with Crippen molar-refractivity contribution in [3.8, 4) is 17.2 Å². The van der Waals surface area contributed by atoms with Gasteiger partial charge in [0.1, 0.15) is 5.76 Å². The second-order valence-corrected chi connectivity index (χ2v) is 17.9. The molecule has 1 aromatic carbocycles. The fourth-order valence-electron chi connectivity index (χ4n) is 6.60. The molecule has 1 saturated heterocycles. The molecule has 59 heavy (non-hydrogen) atoms. The van der Waals surface area contributed by atoms with Gasteiger partial charge in [-0.1, -0.05) is 63.9 Å². The Morgan fingerprint density at radius 1 is 0.983 bits per heavy atom. The van der Waals surface area contributed by atoms with Crippen molar-refractivity contribution >= 4 is 57.9 Å². The molecule has 2 aliphatic rings. The first-order valence-electron chi connectivity index (χ1n) is 20.4. The van der Waals surface area contributed by atoms with Crippen molar-refractivity contribution in [3.63, 3.8) is 0 Å². The zero-order chi connectivity index (χ0) is 42.2. The number of carbonyl (C=O) groups excluding carboxylic acids is 4. The molecule has 0 aliphatic carbocycles. The molecule has 1 fully saturated rings. The van der Waals surface area contributed by atoms with Gasteiger partial charge in [0.25, 0.3) is 11.8 Å². The van der Waals surface area contributed by atoms with E-state index in [1.807, 2.05) is 0 Å². The number of benzene rings is 1. The second kappa shape index (κ2) is 22.6. The Labute approximate surface area is 355 Å². The van der Waals surface area contributed by atoms with E-state index in [0.29, 0.717) is 98.2 Å². The number of nitrogens with zero attached hydrogens (tertiary/aromatic N) is 4. The lowest BCUT2D eigenvalue weighted by Crippen LogP contribution is -2.43. The molecule has 0 saturated carbocycles. The van der Waals surface area contributed by atoms with Crippen molar-refractivity contribution in [2.24, 2.45) is 5.92 Å². The topological polar surface area (TPSA) is 165 Å². The Kier molecular flexibility index (Phi) is 17.4. The quantitative estimate of drug-likeness (QED) is 0.0628. The van der Waals surface area contributed by atoms with Gasteiger partial charge in [0.05, 0.1) is 49.7 Å². The Hall–Kier alpha value is -4.67. The van der Waals surface area contributed by atoms with Crippen molar-refractivity contribution in [2.75, 3.05) is 58.9 Å². The Bertz CT molecular complexity index is 1900. The molecule has 2 aromatic heterocycles. The highest BCUT2D eigenvalue weighted by atomic mass is 32.2. The number of likely N-dealkylation sites (tertiary alicyclic amines) is 1. The maximum Gasteiger partial charge on any atom is 0.253 e. The number of aromatic nitrogens is 2. The molecular weight excluding hydrogens is 793 g/mol. The van der Waals surface area contributed by atoms with Crippen LogP contribution in [-0.4, -0.2) is 96.9 Å². The first kappa shape index (κ1) is 45.4. The third-order valence-corrected chi connectivity index (χ3v) is 12.1. The van der Waals surface area contributed by atoms with E-state index in [1.165, 1.54) is 28.4 Å². The lowest BCUT2D eigenvalue weighted by atomic mass is 9.94. The number of thiazole rings is 1. The van der Waals surface area contributed by atoms with Crippen molar-refractivity contribution in [3.05, 3.63) is 60.0 Å². The van der Waals surface area contributed by atoms with Crippen molar-refractivity contribution in [1.29, 1.82) is 0 Å². The number of imide groups is 1. The summed E-state index contributed by atoms with van der Waals surface area (Å²) in [5, 5.41) is 6.62. The molecule has 3 aromatic rings. The van der Waals surface area contributed by atoms with E-state index in [4.69, 9.17) is 18.6 Å². The molecule has 320 valence electrons. The number of methoxy groups -OCH3 is 2. The predicted octanol–water partition coefficient (Wildman–Crippen LogP) is 7.25. The van der Waals surface area contributed by atoms with Gasteiger partial charge in [-0.15, -0.1) is 11.8 Å². The summed E-state index contributed by atoms with van der Waals surface area (Å²) in [7, 11) is 3.11. The molecule has 16 heteroatoms. The number of rotatable bonds is 21. The van der Waals surface area contributed by atoms with Crippen LogP contribution in [0.5, 0.6) is 17.2 Å². The molecule has 0 bridgehead atoms. The van der Waals surface area contributed by atoms with Crippen LogP contribution < -0.4 is 24.8 Å². The summed E-state index contributed by atoms with van der Waals surface area (Å²) in [4.78, 5) is 62.2. The lowest BCUT2D eigenvalue weighted by molar-refractivity contribution is -0.139. The average molecular weight is 851 g/mol. The van der Waals surface area contributed by atoms with Gasteiger partial charge < -0.3 is 29.3 Å². The number of oxazole rings is 1. The number of ether oxygens (including phenoxy) is 3. The minimum Gasteiger partial charge on any atom is -0.493 e. The summed E-state index contributed by atoms with van der Waals surface area (Å²) in [6, 6.07) is 3.54.